The number of hydrogen-bond acceptors (Lipinski definition) is 5. The summed E-state index contributed by atoms with van der Waals surface area (Å²) in [6, 6.07) is 8.23. The molecule has 2 atom stereocenters. The van der Waals surface area contributed by atoms with Crippen molar-refractivity contribution in [3.05, 3.63) is 24.3 Å². The molecule has 1 saturated carbocycles. The molecule has 3 rings (SSSR count). The van der Waals surface area contributed by atoms with Crippen molar-refractivity contribution in [3.8, 4) is 0 Å². The van der Waals surface area contributed by atoms with Gasteiger partial charge in [0.25, 0.3) is 6.01 Å². The number of carbonyl (C=O) groups excluding carboxylic acids is 1. The highest BCUT2D eigenvalue weighted by Gasteiger charge is 2.29. The van der Waals surface area contributed by atoms with Crippen molar-refractivity contribution in [1.29, 1.82) is 0 Å². The van der Waals surface area contributed by atoms with Crippen LogP contribution in [0.1, 0.15) is 39.0 Å². The molecule has 1 aliphatic rings. The van der Waals surface area contributed by atoms with Gasteiger partial charge in [-0.3, -0.25) is 4.79 Å². The minimum absolute atomic E-state index is 0.0716. The molecule has 1 fully saturated rings. The Bertz CT molecular complexity index is 590. The van der Waals surface area contributed by atoms with Crippen LogP contribution in [0.15, 0.2) is 28.7 Å². The van der Waals surface area contributed by atoms with Crippen molar-refractivity contribution in [2.45, 2.75) is 51.2 Å². The lowest BCUT2D eigenvalue weighted by Crippen LogP contribution is -2.39. The Morgan fingerprint density at radius 2 is 2.19 bits per heavy atom. The first-order valence-corrected chi connectivity index (χ1v) is 7.58. The molecule has 21 heavy (non-hydrogen) atoms. The summed E-state index contributed by atoms with van der Waals surface area (Å²) in [6.45, 7) is 1.81. The number of oxazole rings is 1. The smallest absolute Gasteiger partial charge is 0.305 e. The first-order chi connectivity index (χ1) is 10.3. The van der Waals surface area contributed by atoms with E-state index in [0.29, 0.717) is 12.4 Å². The van der Waals surface area contributed by atoms with Gasteiger partial charge in [-0.2, -0.15) is 4.98 Å². The van der Waals surface area contributed by atoms with E-state index in [-0.39, 0.29) is 18.1 Å². The second-order valence-electron chi connectivity index (χ2n) is 5.40. The Morgan fingerprint density at radius 1 is 1.38 bits per heavy atom. The molecule has 1 aromatic heterocycles. The lowest BCUT2D eigenvalue weighted by atomic mass is 9.92. The number of para-hydroxylation sites is 2. The molecule has 0 radical (unpaired) electrons. The van der Waals surface area contributed by atoms with Crippen LogP contribution >= 0.6 is 0 Å². The van der Waals surface area contributed by atoms with E-state index in [2.05, 4.69) is 10.3 Å². The average molecular weight is 288 g/mol. The Balaban J connectivity index is 1.72. The fourth-order valence-corrected chi connectivity index (χ4v) is 2.75. The van der Waals surface area contributed by atoms with Gasteiger partial charge in [-0.05, 0) is 31.4 Å². The molecule has 2 aromatic rings. The highest BCUT2D eigenvalue weighted by molar-refractivity contribution is 5.74. The predicted octanol–water partition coefficient (Wildman–Crippen LogP) is 3.50. The van der Waals surface area contributed by atoms with Crippen LogP contribution in [0.5, 0.6) is 0 Å². The van der Waals surface area contributed by atoms with Crippen LogP contribution in [0, 0.1) is 0 Å². The molecule has 1 aliphatic carbocycles. The van der Waals surface area contributed by atoms with Gasteiger partial charge in [0.15, 0.2) is 5.58 Å². The Labute approximate surface area is 123 Å². The summed E-state index contributed by atoms with van der Waals surface area (Å²) < 4.78 is 11.2. The van der Waals surface area contributed by atoms with Crippen LogP contribution in [0.4, 0.5) is 6.01 Å². The second-order valence-corrected chi connectivity index (χ2v) is 5.40. The Morgan fingerprint density at radius 3 is 3.00 bits per heavy atom. The SMILES string of the molecule is CCC(=O)OC1CCCCC1Nc1nc2ccccc2o1. The molecular weight excluding hydrogens is 268 g/mol. The zero-order valence-electron chi connectivity index (χ0n) is 12.2. The maximum Gasteiger partial charge on any atom is 0.305 e. The number of rotatable bonds is 4. The minimum atomic E-state index is -0.147. The highest BCUT2D eigenvalue weighted by Crippen LogP contribution is 2.26. The maximum atomic E-state index is 11.5. The Hall–Kier alpha value is -2.04. The fourth-order valence-electron chi connectivity index (χ4n) is 2.75. The summed E-state index contributed by atoms with van der Waals surface area (Å²) in [5, 5.41) is 3.29. The number of fused-ring (bicyclic) bond motifs is 1. The summed E-state index contributed by atoms with van der Waals surface area (Å²) in [6.07, 6.45) is 4.38. The largest absolute Gasteiger partial charge is 0.460 e. The summed E-state index contributed by atoms with van der Waals surface area (Å²) in [5.74, 6) is -0.147. The average Bonchev–Trinajstić information content (AvgIpc) is 2.91. The fraction of sp³-hybridized carbons (Fsp3) is 0.500. The minimum Gasteiger partial charge on any atom is -0.460 e. The van der Waals surface area contributed by atoms with Gasteiger partial charge in [0, 0.05) is 6.42 Å². The number of ether oxygens (including phenoxy) is 1. The lowest BCUT2D eigenvalue weighted by Gasteiger charge is -2.31. The normalized spacial score (nSPS) is 22.1. The predicted molar refractivity (Wildman–Crippen MR) is 80.1 cm³/mol. The third-order valence-electron chi connectivity index (χ3n) is 3.88. The van der Waals surface area contributed by atoms with E-state index in [0.717, 1.165) is 36.8 Å². The van der Waals surface area contributed by atoms with E-state index in [9.17, 15) is 4.79 Å². The van der Waals surface area contributed by atoms with E-state index in [1.807, 2.05) is 31.2 Å². The van der Waals surface area contributed by atoms with Crippen molar-refractivity contribution < 1.29 is 13.9 Å². The first-order valence-electron chi connectivity index (χ1n) is 7.58. The lowest BCUT2D eigenvalue weighted by molar-refractivity contribution is -0.150. The summed E-state index contributed by atoms with van der Waals surface area (Å²) in [7, 11) is 0. The van der Waals surface area contributed by atoms with Crippen molar-refractivity contribution in [2.75, 3.05) is 5.32 Å². The van der Waals surface area contributed by atoms with Crippen molar-refractivity contribution >= 4 is 23.1 Å². The molecular formula is C16H20N2O3. The van der Waals surface area contributed by atoms with Gasteiger partial charge in [-0.1, -0.05) is 25.5 Å². The second kappa shape index (κ2) is 6.16. The summed E-state index contributed by atoms with van der Waals surface area (Å²) in [5.41, 5.74) is 1.59. The monoisotopic (exact) mass is 288 g/mol. The van der Waals surface area contributed by atoms with Crippen LogP contribution in [0.25, 0.3) is 11.1 Å². The highest BCUT2D eigenvalue weighted by atomic mass is 16.5. The molecule has 0 bridgehead atoms. The van der Waals surface area contributed by atoms with Crippen LogP contribution in [0.2, 0.25) is 0 Å². The third kappa shape index (κ3) is 3.17. The van der Waals surface area contributed by atoms with Crippen LogP contribution in [0.3, 0.4) is 0 Å². The van der Waals surface area contributed by atoms with Gasteiger partial charge in [0.2, 0.25) is 0 Å². The molecule has 0 saturated heterocycles. The van der Waals surface area contributed by atoms with E-state index >= 15 is 0 Å². The van der Waals surface area contributed by atoms with Gasteiger partial charge >= 0.3 is 5.97 Å². The molecule has 1 heterocycles. The zero-order chi connectivity index (χ0) is 14.7. The van der Waals surface area contributed by atoms with Crippen molar-refractivity contribution in [2.24, 2.45) is 0 Å². The number of nitrogens with zero attached hydrogens (tertiary/aromatic N) is 1. The topological polar surface area (TPSA) is 64.4 Å². The quantitative estimate of drug-likeness (QED) is 0.872. The molecule has 1 aromatic carbocycles. The zero-order valence-corrected chi connectivity index (χ0v) is 12.2. The summed E-state index contributed by atoms with van der Waals surface area (Å²) >= 11 is 0. The van der Waals surface area contributed by atoms with Crippen LogP contribution in [-0.4, -0.2) is 23.1 Å². The van der Waals surface area contributed by atoms with Gasteiger partial charge in [0.05, 0.1) is 6.04 Å². The molecule has 5 nitrogen and oxygen atoms in total. The number of hydrogen-bond donors (Lipinski definition) is 1. The van der Waals surface area contributed by atoms with Crippen molar-refractivity contribution in [1.82, 2.24) is 4.98 Å². The van der Waals surface area contributed by atoms with Crippen LogP contribution < -0.4 is 5.32 Å². The first kappa shape index (κ1) is 13.9. The van der Waals surface area contributed by atoms with Crippen LogP contribution in [-0.2, 0) is 9.53 Å². The Kier molecular flexibility index (Phi) is 4.08. The maximum absolute atomic E-state index is 11.5. The van der Waals surface area contributed by atoms with Gasteiger partial charge in [0.1, 0.15) is 11.6 Å². The standard InChI is InChI=1S/C16H20N2O3/c1-2-15(19)20-13-9-5-3-7-11(13)17-16-18-12-8-4-6-10-14(12)21-16/h4,6,8,10-11,13H,2-3,5,7,9H2,1H3,(H,17,18). The number of aromatic nitrogens is 1. The van der Waals surface area contributed by atoms with Gasteiger partial charge in [-0.25, -0.2) is 0 Å². The molecule has 0 aliphatic heterocycles. The number of esters is 1. The van der Waals surface area contributed by atoms with Crippen molar-refractivity contribution in [3.63, 3.8) is 0 Å². The van der Waals surface area contributed by atoms with E-state index < -0.39 is 0 Å². The molecule has 112 valence electrons. The molecule has 1 N–H and O–H groups in total. The molecule has 0 spiro atoms. The summed E-state index contributed by atoms with van der Waals surface area (Å²) in [4.78, 5) is 16.0. The number of carbonyl (C=O) groups is 1. The van der Waals surface area contributed by atoms with Gasteiger partial charge < -0.3 is 14.5 Å². The van der Waals surface area contributed by atoms with E-state index in [1.54, 1.807) is 0 Å². The van der Waals surface area contributed by atoms with Gasteiger partial charge in [-0.15, -0.1) is 0 Å². The molecule has 5 heteroatoms. The number of benzene rings is 1. The van der Waals surface area contributed by atoms with E-state index in [1.165, 1.54) is 0 Å². The number of nitrogens with one attached hydrogen (secondary N) is 1. The van der Waals surface area contributed by atoms with E-state index in [4.69, 9.17) is 9.15 Å². The number of anilines is 1. The third-order valence-corrected chi connectivity index (χ3v) is 3.88. The molecule has 0 amide bonds. The molecule has 2 unspecified atom stereocenters.